The molecule has 0 spiro atoms. The van der Waals surface area contributed by atoms with Gasteiger partial charge in [-0.2, -0.15) is 0 Å². The van der Waals surface area contributed by atoms with E-state index in [1.807, 2.05) is 23.9 Å². The van der Waals surface area contributed by atoms with Crippen LogP contribution in [0.15, 0.2) is 12.1 Å². The van der Waals surface area contributed by atoms with E-state index < -0.39 is 5.91 Å². The van der Waals surface area contributed by atoms with Crippen LogP contribution in [0, 0.1) is 0 Å². The van der Waals surface area contributed by atoms with Crippen LogP contribution in [0.1, 0.15) is 47.0 Å². The van der Waals surface area contributed by atoms with E-state index in [2.05, 4.69) is 37.0 Å². The van der Waals surface area contributed by atoms with Gasteiger partial charge in [0.15, 0.2) is 22.5 Å². The number of hydrogen-bond acceptors (Lipinski definition) is 10. The maximum Gasteiger partial charge on any atom is 0.273 e. The van der Waals surface area contributed by atoms with Gasteiger partial charge in [0.05, 0.1) is 5.56 Å². The van der Waals surface area contributed by atoms with Gasteiger partial charge < -0.3 is 31.5 Å². The van der Waals surface area contributed by atoms with E-state index in [-0.39, 0.29) is 39.6 Å². The predicted octanol–water partition coefficient (Wildman–Crippen LogP) is 1.84. The molecule has 4 heterocycles. The highest BCUT2D eigenvalue weighted by atomic mass is 35.5. The van der Waals surface area contributed by atoms with Crippen molar-refractivity contribution < 1.29 is 9.59 Å². The molecule has 2 amide bonds. The molecular formula is C26H38Cl2N10O2. The van der Waals surface area contributed by atoms with Crippen molar-refractivity contribution in [2.75, 3.05) is 76.3 Å². The summed E-state index contributed by atoms with van der Waals surface area (Å²) in [6, 6.07) is 3.85. The Morgan fingerprint density at radius 1 is 1.05 bits per heavy atom. The van der Waals surface area contributed by atoms with E-state index in [1.54, 1.807) is 12.1 Å². The van der Waals surface area contributed by atoms with E-state index >= 15 is 0 Å². The van der Waals surface area contributed by atoms with Gasteiger partial charge in [-0.05, 0) is 45.5 Å². The highest BCUT2D eigenvalue weighted by Crippen LogP contribution is 2.30. The van der Waals surface area contributed by atoms with E-state index in [0.717, 1.165) is 25.8 Å². The van der Waals surface area contributed by atoms with Crippen LogP contribution in [0.3, 0.4) is 0 Å². The minimum atomic E-state index is -0.392. The summed E-state index contributed by atoms with van der Waals surface area (Å²) in [7, 11) is 3.85. The summed E-state index contributed by atoms with van der Waals surface area (Å²) in [5.41, 5.74) is 12.5. The predicted molar refractivity (Wildman–Crippen MR) is 158 cm³/mol. The number of carbonyl (C=O) groups is 2. The van der Waals surface area contributed by atoms with Gasteiger partial charge in [0.1, 0.15) is 11.0 Å². The molecule has 0 saturated carbocycles. The summed E-state index contributed by atoms with van der Waals surface area (Å²) in [5, 5.41) is 3.23. The molecule has 0 unspecified atom stereocenters. The van der Waals surface area contributed by atoms with Crippen LogP contribution >= 0.6 is 23.2 Å². The number of carbonyl (C=O) groups excluding carboxylic acids is 2. The number of nitrogen functional groups attached to an aromatic ring is 2. The fourth-order valence-corrected chi connectivity index (χ4v) is 5.77. The number of pyridine rings is 1. The first-order chi connectivity index (χ1) is 19.1. The summed E-state index contributed by atoms with van der Waals surface area (Å²) in [6.07, 6.45) is 2.68. The highest BCUT2D eigenvalue weighted by Gasteiger charge is 2.35. The van der Waals surface area contributed by atoms with E-state index in [9.17, 15) is 9.59 Å². The summed E-state index contributed by atoms with van der Waals surface area (Å²) in [4.78, 5) is 46.8. The lowest BCUT2D eigenvalue weighted by Crippen LogP contribution is -2.58. The Morgan fingerprint density at radius 2 is 1.77 bits per heavy atom. The minimum absolute atomic E-state index is 0.0376. The zero-order valence-electron chi connectivity index (χ0n) is 23.2. The molecule has 2 saturated heterocycles. The van der Waals surface area contributed by atoms with Crippen LogP contribution in [-0.4, -0.2) is 113 Å². The Labute approximate surface area is 245 Å². The molecule has 2 aliphatic rings. The molecular weight excluding hydrogens is 555 g/mol. The smallest absolute Gasteiger partial charge is 0.273 e. The van der Waals surface area contributed by atoms with Crippen LogP contribution in [0.4, 0.5) is 17.5 Å². The van der Waals surface area contributed by atoms with E-state index in [0.29, 0.717) is 56.7 Å². The Balaban J connectivity index is 1.36. The number of hydrogen-bond donors (Lipinski definition) is 3. The third-order valence-corrected chi connectivity index (χ3v) is 8.03. The molecule has 0 aromatic carbocycles. The first-order valence-electron chi connectivity index (χ1n) is 13.6. The van der Waals surface area contributed by atoms with Crippen LogP contribution in [0.25, 0.3) is 0 Å². The van der Waals surface area contributed by atoms with Crippen molar-refractivity contribution in [3.8, 4) is 0 Å². The minimum Gasteiger partial charge on any atom is -0.383 e. The molecule has 4 rings (SSSR count). The molecule has 14 heteroatoms. The van der Waals surface area contributed by atoms with Gasteiger partial charge in [-0.15, -0.1) is 0 Å². The third kappa shape index (κ3) is 6.85. The summed E-state index contributed by atoms with van der Waals surface area (Å²) in [5.74, 6) is 0.207. The number of aromatic nitrogens is 3. The van der Waals surface area contributed by atoms with Crippen LogP contribution in [-0.2, 0) is 0 Å². The number of rotatable bonds is 8. The van der Waals surface area contributed by atoms with E-state index in [1.165, 1.54) is 0 Å². The second kappa shape index (κ2) is 13.2. The Bertz CT molecular complexity index is 1220. The van der Waals surface area contributed by atoms with Crippen molar-refractivity contribution in [2.45, 2.75) is 38.3 Å². The molecule has 0 aliphatic carbocycles. The van der Waals surface area contributed by atoms with Gasteiger partial charge in [-0.3, -0.25) is 14.5 Å². The Morgan fingerprint density at radius 3 is 2.42 bits per heavy atom. The number of amides is 2. The standard InChI is InChI=1S/C26H38Cl2N10O2/c1-4-16-15-37(24-21(28)33-20(23(30)34-24)25(39)31-9-12-35(2)3)13-14-38(16)17-7-10-36(11-8-17)26(40)18-5-6-19(27)32-22(18)29/h5-6,16-17H,4,7-15H2,1-3H3,(H2,29,32)(H2,30,34)(H,31,39)/t16-/m0/s1. The number of nitrogens with two attached hydrogens (primary N) is 2. The topological polar surface area (TPSA) is 150 Å². The Kier molecular flexibility index (Phi) is 9.88. The van der Waals surface area contributed by atoms with Gasteiger partial charge in [-0.25, -0.2) is 15.0 Å². The summed E-state index contributed by atoms with van der Waals surface area (Å²) >= 11 is 12.4. The zero-order valence-corrected chi connectivity index (χ0v) is 24.7. The maximum absolute atomic E-state index is 13.0. The maximum atomic E-state index is 13.0. The molecule has 12 nitrogen and oxygen atoms in total. The van der Waals surface area contributed by atoms with Gasteiger partial charge in [0.25, 0.3) is 11.8 Å². The molecule has 2 fully saturated rings. The van der Waals surface area contributed by atoms with Crippen molar-refractivity contribution in [1.29, 1.82) is 0 Å². The lowest BCUT2D eigenvalue weighted by Gasteiger charge is -2.47. The first kappa shape index (κ1) is 30.0. The number of nitrogens with zero attached hydrogens (tertiary/aromatic N) is 7. The summed E-state index contributed by atoms with van der Waals surface area (Å²) in [6.45, 7) is 6.84. The molecule has 2 aromatic rings. The van der Waals surface area contributed by atoms with Crippen LogP contribution < -0.4 is 21.7 Å². The number of anilines is 3. The van der Waals surface area contributed by atoms with Gasteiger partial charge in [-0.1, -0.05) is 30.1 Å². The van der Waals surface area contributed by atoms with Crippen LogP contribution in [0.5, 0.6) is 0 Å². The molecule has 2 aromatic heterocycles. The quantitative estimate of drug-likeness (QED) is 0.387. The molecule has 2 aliphatic heterocycles. The number of likely N-dealkylation sites (tertiary alicyclic amines) is 1. The van der Waals surface area contributed by atoms with Crippen molar-refractivity contribution in [3.05, 3.63) is 33.7 Å². The van der Waals surface area contributed by atoms with E-state index in [4.69, 9.17) is 34.7 Å². The number of halogens is 2. The lowest BCUT2D eigenvalue weighted by molar-refractivity contribution is 0.0491. The number of likely N-dealkylation sites (N-methyl/N-ethyl adjacent to an activating group) is 1. The monoisotopic (exact) mass is 592 g/mol. The highest BCUT2D eigenvalue weighted by molar-refractivity contribution is 6.32. The molecule has 40 heavy (non-hydrogen) atoms. The normalized spacial score (nSPS) is 18.8. The largest absolute Gasteiger partial charge is 0.383 e. The van der Waals surface area contributed by atoms with Gasteiger partial charge in [0, 0.05) is 57.9 Å². The molecule has 218 valence electrons. The van der Waals surface area contributed by atoms with Gasteiger partial charge in [0.2, 0.25) is 0 Å². The lowest BCUT2D eigenvalue weighted by atomic mass is 9.97. The number of nitrogens with one attached hydrogen (secondary N) is 1. The van der Waals surface area contributed by atoms with Crippen molar-refractivity contribution in [3.63, 3.8) is 0 Å². The fraction of sp³-hybridized carbons (Fsp3) is 0.577. The van der Waals surface area contributed by atoms with Gasteiger partial charge >= 0.3 is 0 Å². The third-order valence-electron chi connectivity index (χ3n) is 7.56. The first-order valence-corrected chi connectivity index (χ1v) is 14.3. The second-order valence-corrected chi connectivity index (χ2v) is 11.2. The van der Waals surface area contributed by atoms with Crippen molar-refractivity contribution >= 4 is 52.5 Å². The Hall–Kier alpha value is -2.93. The molecule has 0 bridgehead atoms. The molecule has 5 N–H and O–H groups in total. The molecule has 1 atom stereocenters. The SMILES string of the molecule is CC[C@H]1CN(c2nc(N)c(C(=O)NCCN(C)C)nc2Cl)CCN1C1CCN(C(=O)c2ccc(Cl)nc2N)CC1. The van der Waals surface area contributed by atoms with Crippen LogP contribution in [0.2, 0.25) is 10.3 Å². The zero-order chi connectivity index (χ0) is 29.0. The second-order valence-electron chi connectivity index (χ2n) is 10.5. The number of piperidine rings is 1. The number of piperazine rings is 1. The average Bonchev–Trinajstić information content (AvgIpc) is 2.93. The summed E-state index contributed by atoms with van der Waals surface area (Å²) < 4.78 is 0. The molecule has 0 radical (unpaired) electrons. The van der Waals surface area contributed by atoms with Crippen molar-refractivity contribution in [1.82, 2.24) is 35.0 Å². The average molecular weight is 594 g/mol. The van der Waals surface area contributed by atoms with Crippen molar-refractivity contribution in [2.24, 2.45) is 0 Å². The fourth-order valence-electron chi connectivity index (χ4n) is 5.37.